The molecule has 3 aromatic rings. The summed E-state index contributed by atoms with van der Waals surface area (Å²) in [5.74, 6) is -0.690. The molecule has 1 aliphatic rings. The number of carbonyl (C=O) groups excluding carboxylic acids is 3. The summed E-state index contributed by atoms with van der Waals surface area (Å²) in [6.45, 7) is 8.44. The third kappa shape index (κ3) is 8.17. The Hall–Kier alpha value is -4.18. The zero-order chi connectivity index (χ0) is 29.6. The molecule has 1 heterocycles. The Labute approximate surface area is 240 Å². The summed E-state index contributed by atoms with van der Waals surface area (Å²) in [4.78, 5) is 43.3. The Bertz CT molecular complexity index is 1360. The molecule has 0 bridgehead atoms. The van der Waals surface area contributed by atoms with Crippen LogP contribution in [-0.2, 0) is 32.1 Å². The number of alkyl carbamates (subject to hydrolysis) is 1. The molecule has 1 aromatic heterocycles. The summed E-state index contributed by atoms with van der Waals surface area (Å²) in [7, 11) is 0. The van der Waals surface area contributed by atoms with E-state index in [9.17, 15) is 14.4 Å². The lowest BCUT2D eigenvalue weighted by atomic mass is 10.0. The minimum absolute atomic E-state index is 0.0916. The predicted molar refractivity (Wildman–Crippen MR) is 155 cm³/mol. The molecule has 0 aliphatic heterocycles. The van der Waals surface area contributed by atoms with Gasteiger partial charge in [-0.05, 0) is 64.2 Å². The van der Waals surface area contributed by atoms with Crippen LogP contribution in [0.2, 0.25) is 0 Å². The molecule has 0 saturated carbocycles. The number of ether oxygens (including phenoxy) is 2. The van der Waals surface area contributed by atoms with Crippen LogP contribution in [0.15, 0.2) is 67.1 Å². The van der Waals surface area contributed by atoms with E-state index in [2.05, 4.69) is 33.1 Å². The molecule has 2 aromatic carbocycles. The highest BCUT2D eigenvalue weighted by molar-refractivity contribution is 5.98. The van der Waals surface area contributed by atoms with E-state index in [4.69, 9.17) is 9.47 Å². The van der Waals surface area contributed by atoms with Gasteiger partial charge >= 0.3 is 6.09 Å². The first-order valence-corrected chi connectivity index (χ1v) is 13.8. The first-order chi connectivity index (χ1) is 19.4. The zero-order valence-electron chi connectivity index (χ0n) is 24.3. The number of hydrogen-bond donors (Lipinski definition) is 3. The molecule has 2 unspecified atom stereocenters. The quantitative estimate of drug-likeness (QED) is 0.338. The molecule has 41 heavy (non-hydrogen) atoms. The first-order valence-electron chi connectivity index (χ1n) is 13.8. The largest absolute Gasteiger partial charge is 0.444 e. The summed E-state index contributed by atoms with van der Waals surface area (Å²) < 4.78 is 13.1. The summed E-state index contributed by atoms with van der Waals surface area (Å²) in [6.07, 6.45) is 4.70. The fourth-order valence-corrected chi connectivity index (χ4v) is 4.64. The molecule has 0 fully saturated rings. The molecular formula is C31H39N5O5. The SMILES string of the molecule is CC(C)(C)OC(=O)NC(C)(C)C(=O)NC(COCc1ccccc1)C(=O)Nc1cn(C2CCc3ccccc32)cn1. The van der Waals surface area contributed by atoms with E-state index in [1.807, 2.05) is 47.0 Å². The molecule has 10 heteroatoms. The molecule has 2 atom stereocenters. The van der Waals surface area contributed by atoms with Crippen molar-refractivity contribution in [1.82, 2.24) is 20.2 Å². The van der Waals surface area contributed by atoms with E-state index < -0.39 is 35.1 Å². The summed E-state index contributed by atoms with van der Waals surface area (Å²) in [5, 5.41) is 8.11. The van der Waals surface area contributed by atoms with Gasteiger partial charge < -0.3 is 30.0 Å². The maximum Gasteiger partial charge on any atom is 0.408 e. The van der Waals surface area contributed by atoms with Crippen molar-refractivity contribution in [3.63, 3.8) is 0 Å². The number of carbonyl (C=O) groups is 3. The van der Waals surface area contributed by atoms with Crippen molar-refractivity contribution in [2.24, 2.45) is 0 Å². The molecule has 0 saturated heterocycles. The van der Waals surface area contributed by atoms with Gasteiger partial charge in [0.25, 0.3) is 5.91 Å². The lowest BCUT2D eigenvalue weighted by molar-refractivity contribution is -0.131. The van der Waals surface area contributed by atoms with Crippen LogP contribution in [0.4, 0.5) is 10.6 Å². The van der Waals surface area contributed by atoms with Gasteiger partial charge in [0.15, 0.2) is 5.82 Å². The average molecular weight is 562 g/mol. The molecule has 3 N–H and O–H groups in total. The van der Waals surface area contributed by atoms with Crippen molar-refractivity contribution in [1.29, 1.82) is 0 Å². The van der Waals surface area contributed by atoms with Crippen LogP contribution in [0.3, 0.4) is 0 Å². The average Bonchev–Trinajstić information content (AvgIpc) is 3.54. The van der Waals surface area contributed by atoms with Gasteiger partial charge in [-0.1, -0.05) is 54.6 Å². The van der Waals surface area contributed by atoms with E-state index in [0.29, 0.717) is 5.82 Å². The molecule has 0 spiro atoms. The van der Waals surface area contributed by atoms with Gasteiger partial charge in [0.05, 0.1) is 25.6 Å². The van der Waals surface area contributed by atoms with E-state index in [1.54, 1.807) is 33.3 Å². The number of benzene rings is 2. The van der Waals surface area contributed by atoms with Gasteiger partial charge in [-0.25, -0.2) is 9.78 Å². The Morgan fingerprint density at radius 2 is 1.73 bits per heavy atom. The third-order valence-corrected chi connectivity index (χ3v) is 6.71. The molecule has 10 nitrogen and oxygen atoms in total. The lowest BCUT2D eigenvalue weighted by Crippen LogP contribution is -2.59. The second kappa shape index (κ2) is 12.6. The van der Waals surface area contributed by atoms with Crippen molar-refractivity contribution in [3.05, 3.63) is 83.8 Å². The highest BCUT2D eigenvalue weighted by Crippen LogP contribution is 2.34. The number of nitrogens with zero attached hydrogens (tertiary/aromatic N) is 2. The molecule has 218 valence electrons. The van der Waals surface area contributed by atoms with Crippen molar-refractivity contribution in [2.45, 2.75) is 77.3 Å². The predicted octanol–water partition coefficient (Wildman–Crippen LogP) is 4.36. The summed E-state index contributed by atoms with van der Waals surface area (Å²) in [5.41, 5.74) is 1.41. The molecular weight excluding hydrogens is 522 g/mol. The standard InChI is InChI=1S/C31H39N5O5/c1-30(2,3)41-29(39)35-31(4,5)28(38)33-24(19-40-18-21-11-7-6-8-12-21)27(37)34-26-17-36(20-32-26)25-16-15-22-13-9-10-14-23(22)25/h6-14,17,20,24-25H,15-16,18-19H2,1-5H3,(H,33,38)(H,34,37)(H,35,39). The number of amides is 3. The number of imidazole rings is 1. The molecule has 1 aliphatic carbocycles. The van der Waals surface area contributed by atoms with E-state index in [1.165, 1.54) is 25.0 Å². The highest BCUT2D eigenvalue weighted by Gasteiger charge is 2.35. The molecule has 3 amide bonds. The Morgan fingerprint density at radius 1 is 1.02 bits per heavy atom. The van der Waals surface area contributed by atoms with Crippen molar-refractivity contribution in [2.75, 3.05) is 11.9 Å². The van der Waals surface area contributed by atoms with Crippen LogP contribution in [0.25, 0.3) is 0 Å². The normalized spacial score (nSPS) is 15.5. The van der Waals surface area contributed by atoms with Crippen molar-refractivity contribution >= 4 is 23.7 Å². The van der Waals surface area contributed by atoms with Crippen LogP contribution in [-0.4, -0.2) is 51.2 Å². The maximum absolute atomic E-state index is 13.4. The third-order valence-electron chi connectivity index (χ3n) is 6.71. The zero-order valence-corrected chi connectivity index (χ0v) is 24.3. The van der Waals surface area contributed by atoms with Gasteiger partial charge in [-0.3, -0.25) is 9.59 Å². The summed E-state index contributed by atoms with van der Waals surface area (Å²) >= 11 is 0. The number of aromatic nitrogens is 2. The monoisotopic (exact) mass is 561 g/mol. The Kier molecular flexibility index (Phi) is 9.12. The maximum atomic E-state index is 13.4. The fraction of sp³-hybridized carbons (Fsp3) is 0.419. The Balaban J connectivity index is 1.43. The van der Waals surface area contributed by atoms with Crippen LogP contribution >= 0.6 is 0 Å². The van der Waals surface area contributed by atoms with Crippen molar-refractivity contribution in [3.8, 4) is 0 Å². The van der Waals surface area contributed by atoms with E-state index >= 15 is 0 Å². The Morgan fingerprint density at radius 3 is 2.46 bits per heavy atom. The number of nitrogens with one attached hydrogen (secondary N) is 3. The van der Waals surface area contributed by atoms with Crippen molar-refractivity contribution < 1.29 is 23.9 Å². The van der Waals surface area contributed by atoms with Gasteiger partial charge in [-0.15, -0.1) is 0 Å². The number of aryl methyl sites for hydroxylation is 1. The first kappa shape index (κ1) is 29.8. The van der Waals surface area contributed by atoms with Crippen LogP contribution in [0.1, 0.15) is 63.8 Å². The van der Waals surface area contributed by atoms with Gasteiger partial charge in [0.2, 0.25) is 5.91 Å². The van der Waals surface area contributed by atoms with Crippen LogP contribution < -0.4 is 16.0 Å². The molecule has 4 rings (SSSR count). The minimum atomic E-state index is -1.36. The van der Waals surface area contributed by atoms with Crippen LogP contribution in [0, 0.1) is 0 Å². The smallest absolute Gasteiger partial charge is 0.408 e. The molecule has 0 radical (unpaired) electrons. The summed E-state index contributed by atoms with van der Waals surface area (Å²) in [6, 6.07) is 16.9. The minimum Gasteiger partial charge on any atom is -0.444 e. The van der Waals surface area contributed by atoms with Gasteiger partial charge in [-0.2, -0.15) is 0 Å². The number of rotatable bonds is 10. The number of fused-ring (bicyclic) bond motifs is 1. The van der Waals surface area contributed by atoms with Gasteiger partial charge in [0.1, 0.15) is 17.2 Å². The van der Waals surface area contributed by atoms with E-state index in [0.717, 1.165) is 18.4 Å². The second-order valence-electron chi connectivity index (χ2n) is 11.7. The fourth-order valence-electron chi connectivity index (χ4n) is 4.64. The number of anilines is 1. The topological polar surface area (TPSA) is 124 Å². The van der Waals surface area contributed by atoms with E-state index in [-0.39, 0.29) is 19.3 Å². The second-order valence-corrected chi connectivity index (χ2v) is 11.7. The highest BCUT2D eigenvalue weighted by atomic mass is 16.6. The van der Waals surface area contributed by atoms with Crippen LogP contribution in [0.5, 0.6) is 0 Å². The number of hydrogen-bond acceptors (Lipinski definition) is 6. The van der Waals surface area contributed by atoms with Gasteiger partial charge in [0, 0.05) is 6.20 Å². The lowest BCUT2D eigenvalue weighted by Gasteiger charge is -2.29.